The Balaban J connectivity index is 1.52. The minimum Gasteiger partial charge on any atom is -0.349 e. The van der Waals surface area contributed by atoms with E-state index >= 15 is 0 Å². The molecular weight excluding hydrogens is 416 g/mol. The Kier molecular flexibility index (Phi) is 8.35. The van der Waals surface area contributed by atoms with Gasteiger partial charge in [0.25, 0.3) is 17.7 Å². The van der Waals surface area contributed by atoms with Crippen LogP contribution in [0.15, 0.2) is 12.1 Å². The Hall–Kier alpha value is -2.44. The molecule has 1 aromatic heterocycles. The third-order valence-corrected chi connectivity index (χ3v) is 7.37. The first-order valence-electron chi connectivity index (χ1n) is 13.0. The maximum atomic E-state index is 13.0. The monoisotopic (exact) mass is 454 g/mol. The molecule has 3 amide bonds. The van der Waals surface area contributed by atoms with E-state index in [0.29, 0.717) is 5.56 Å². The van der Waals surface area contributed by atoms with E-state index < -0.39 is 0 Å². The lowest BCUT2D eigenvalue weighted by molar-refractivity contribution is 0.0918. The van der Waals surface area contributed by atoms with E-state index in [1.54, 1.807) is 0 Å². The summed E-state index contributed by atoms with van der Waals surface area (Å²) < 4.78 is 0. The van der Waals surface area contributed by atoms with Gasteiger partial charge < -0.3 is 16.0 Å². The van der Waals surface area contributed by atoms with Gasteiger partial charge in [0.15, 0.2) is 0 Å². The van der Waals surface area contributed by atoms with Crippen LogP contribution in [-0.2, 0) is 0 Å². The molecule has 3 fully saturated rings. The first-order valence-corrected chi connectivity index (χ1v) is 13.0. The van der Waals surface area contributed by atoms with Gasteiger partial charge in [-0.25, -0.2) is 4.98 Å². The number of aromatic nitrogens is 1. The molecule has 0 atom stereocenters. The number of hydrogen-bond acceptors (Lipinski definition) is 4. The zero-order valence-corrected chi connectivity index (χ0v) is 19.7. The first kappa shape index (κ1) is 23.7. The topological polar surface area (TPSA) is 100 Å². The van der Waals surface area contributed by atoms with Crippen molar-refractivity contribution < 1.29 is 14.4 Å². The molecule has 180 valence electrons. The van der Waals surface area contributed by atoms with Gasteiger partial charge in [-0.15, -0.1) is 0 Å². The second kappa shape index (κ2) is 11.6. The molecule has 7 heteroatoms. The van der Waals surface area contributed by atoms with Crippen molar-refractivity contribution in [3.63, 3.8) is 0 Å². The first-order chi connectivity index (χ1) is 16.1. The second-order valence-electron chi connectivity index (χ2n) is 10.1. The summed E-state index contributed by atoms with van der Waals surface area (Å²) in [6, 6.07) is 3.49. The van der Waals surface area contributed by atoms with Gasteiger partial charge in [-0.1, -0.05) is 57.8 Å². The van der Waals surface area contributed by atoms with E-state index in [9.17, 15) is 14.4 Å². The number of rotatable bonds is 6. The van der Waals surface area contributed by atoms with Gasteiger partial charge in [0.1, 0.15) is 11.4 Å². The summed E-state index contributed by atoms with van der Waals surface area (Å²) in [4.78, 5) is 43.4. The number of pyridine rings is 1. The van der Waals surface area contributed by atoms with Crippen molar-refractivity contribution in [2.24, 2.45) is 0 Å². The van der Waals surface area contributed by atoms with Crippen LogP contribution < -0.4 is 16.0 Å². The van der Waals surface area contributed by atoms with Crippen LogP contribution in [-0.4, -0.2) is 40.8 Å². The summed E-state index contributed by atoms with van der Waals surface area (Å²) >= 11 is 0. The molecule has 1 heterocycles. The van der Waals surface area contributed by atoms with Crippen LogP contribution in [0.1, 0.15) is 128 Å². The average Bonchev–Trinajstić information content (AvgIpc) is 2.85. The smallest absolute Gasteiger partial charge is 0.270 e. The summed E-state index contributed by atoms with van der Waals surface area (Å²) in [6.45, 7) is 0. The molecule has 7 nitrogen and oxygen atoms in total. The molecule has 3 aliphatic rings. The van der Waals surface area contributed by atoms with Crippen molar-refractivity contribution in [2.75, 3.05) is 0 Å². The Bertz CT molecular complexity index is 716. The zero-order valence-electron chi connectivity index (χ0n) is 19.7. The van der Waals surface area contributed by atoms with Crippen LogP contribution >= 0.6 is 0 Å². The molecule has 0 unspecified atom stereocenters. The Morgan fingerprint density at radius 2 is 0.879 bits per heavy atom. The number of amides is 3. The van der Waals surface area contributed by atoms with E-state index in [1.165, 1.54) is 31.4 Å². The van der Waals surface area contributed by atoms with Crippen molar-refractivity contribution in [3.8, 4) is 0 Å². The molecular formula is C26H38N4O3. The standard InChI is InChI=1S/C26H38N4O3/c31-24(27-19-10-4-1-5-11-19)18-16-22(25(32)28-20-12-6-2-7-13-20)30-23(17-18)26(33)29-21-14-8-3-9-15-21/h16-17,19-21H,1-15H2,(H,27,31)(H,28,32)(H,29,33). The third-order valence-electron chi connectivity index (χ3n) is 7.37. The Morgan fingerprint density at radius 3 is 1.24 bits per heavy atom. The number of nitrogens with one attached hydrogen (secondary N) is 3. The number of nitrogens with zero attached hydrogens (tertiary/aromatic N) is 1. The highest BCUT2D eigenvalue weighted by Crippen LogP contribution is 2.21. The summed E-state index contributed by atoms with van der Waals surface area (Å²) in [5.74, 6) is -0.843. The summed E-state index contributed by atoms with van der Waals surface area (Å²) in [6.07, 6.45) is 16.1. The predicted octanol–water partition coefficient (Wildman–Crippen LogP) is 4.27. The molecule has 3 saturated carbocycles. The van der Waals surface area contributed by atoms with E-state index in [4.69, 9.17) is 0 Å². The molecule has 0 saturated heterocycles. The molecule has 0 aliphatic heterocycles. The predicted molar refractivity (Wildman–Crippen MR) is 127 cm³/mol. The highest BCUT2D eigenvalue weighted by molar-refractivity contribution is 6.02. The van der Waals surface area contributed by atoms with E-state index in [0.717, 1.165) is 77.0 Å². The molecule has 0 radical (unpaired) electrons. The maximum Gasteiger partial charge on any atom is 0.270 e. The van der Waals surface area contributed by atoms with E-state index in [1.807, 2.05) is 0 Å². The fourth-order valence-corrected chi connectivity index (χ4v) is 5.42. The van der Waals surface area contributed by atoms with E-state index in [2.05, 4.69) is 20.9 Å². The van der Waals surface area contributed by atoms with Gasteiger partial charge in [-0.2, -0.15) is 0 Å². The highest BCUT2D eigenvalue weighted by atomic mass is 16.2. The summed E-state index contributed by atoms with van der Waals surface area (Å²) in [5, 5.41) is 9.23. The van der Waals surface area contributed by atoms with Crippen LogP contribution in [0.25, 0.3) is 0 Å². The Labute approximate surface area is 196 Å². The van der Waals surface area contributed by atoms with Crippen LogP contribution in [0.3, 0.4) is 0 Å². The lowest BCUT2D eigenvalue weighted by Crippen LogP contribution is -2.39. The highest BCUT2D eigenvalue weighted by Gasteiger charge is 2.24. The van der Waals surface area contributed by atoms with E-state index in [-0.39, 0.29) is 47.2 Å². The van der Waals surface area contributed by atoms with Crippen LogP contribution in [0, 0.1) is 0 Å². The van der Waals surface area contributed by atoms with Gasteiger partial charge in [-0.3, -0.25) is 14.4 Å². The fourth-order valence-electron chi connectivity index (χ4n) is 5.42. The minimum absolute atomic E-state index is 0.132. The fraction of sp³-hybridized carbons (Fsp3) is 0.692. The summed E-state index contributed by atoms with van der Waals surface area (Å²) in [5.41, 5.74) is 0.620. The third kappa shape index (κ3) is 6.78. The molecule has 33 heavy (non-hydrogen) atoms. The molecule has 4 rings (SSSR count). The number of carbonyl (C=O) groups is 3. The molecule has 0 aromatic carbocycles. The molecule has 3 aliphatic carbocycles. The number of carbonyl (C=O) groups excluding carboxylic acids is 3. The van der Waals surface area contributed by atoms with Crippen LogP contribution in [0.4, 0.5) is 0 Å². The van der Waals surface area contributed by atoms with Crippen LogP contribution in [0.2, 0.25) is 0 Å². The maximum absolute atomic E-state index is 13.0. The SMILES string of the molecule is O=C(NC1CCCCC1)c1cc(C(=O)NC2CCCCC2)nc(C(=O)NC2CCCCC2)c1. The Morgan fingerprint density at radius 1 is 0.545 bits per heavy atom. The van der Waals surface area contributed by atoms with Crippen molar-refractivity contribution >= 4 is 17.7 Å². The van der Waals surface area contributed by atoms with Gasteiger partial charge in [-0.05, 0) is 50.7 Å². The van der Waals surface area contributed by atoms with Gasteiger partial charge in [0.05, 0.1) is 0 Å². The molecule has 1 aromatic rings. The number of hydrogen-bond donors (Lipinski definition) is 3. The van der Waals surface area contributed by atoms with Gasteiger partial charge in [0, 0.05) is 23.7 Å². The lowest BCUT2D eigenvalue weighted by atomic mass is 9.95. The summed E-state index contributed by atoms with van der Waals surface area (Å²) in [7, 11) is 0. The molecule has 3 N–H and O–H groups in total. The molecule has 0 spiro atoms. The van der Waals surface area contributed by atoms with Crippen molar-refractivity contribution in [2.45, 2.75) is 114 Å². The van der Waals surface area contributed by atoms with Gasteiger partial charge >= 0.3 is 0 Å². The normalized spacial score (nSPS) is 20.7. The zero-order chi connectivity index (χ0) is 23.0. The van der Waals surface area contributed by atoms with Gasteiger partial charge in [0.2, 0.25) is 0 Å². The average molecular weight is 455 g/mol. The molecule has 0 bridgehead atoms. The van der Waals surface area contributed by atoms with Crippen molar-refractivity contribution in [1.29, 1.82) is 0 Å². The lowest BCUT2D eigenvalue weighted by Gasteiger charge is -2.24. The van der Waals surface area contributed by atoms with Crippen molar-refractivity contribution in [3.05, 3.63) is 29.1 Å². The largest absolute Gasteiger partial charge is 0.349 e. The van der Waals surface area contributed by atoms with Crippen molar-refractivity contribution in [1.82, 2.24) is 20.9 Å². The minimum atomic E-state index is -0.305. The quantitative estimate of drug-likeness (QED) is 0.598. The second-order valence-corrected chi connectivity index (χ2v) is 10.1. The van der Waals surface area contributed by atoms with Crippen LogP contribution in [0.5, 0.6) is 0 Å².